The van der Waals surface area contributed by atoms with Gasteiger partial charge < -0.3 is 20.9 Å². The third-order valence-electron chi connectivity index (χ3n) is 4.45. The van der Waals surface area contributed by atoms with Gasteiger partial charge in [0.1, 0.15) is 0 Å². The summed E-state index contributed by atoms with van der Waals surface area (Å²) in [5.41, 5.74) is 6.02. The molecule has 0 spiro atoms. The number of carbonyl (C=O) groups is 1. The summed E-state index contributed by atoms with van der Waals surface area (Å²) in [6, 6.07) is 13.8. The summed E-state index contributed by atoms with van der Waals surface area (Å²) in [6.07, 6.45) is 0.252. The monoisotopic (exact) mass is 350 g/mol. The van der Waals surface area contributed by atoms with Crippen molar-refractivity contribution in [1.82, 2.24) is 5.32 Å². The average molecular weight is 351 g/mol. The van der Waals surface area contributed by atoms with Crippen molar-refractivity contribution in [3.05, 3.63) is 48.0 Å². The molecule has 130 valence electrons. The molecule has 1 heterocycles. The molecular weight excluding hydrogens is 328 g/mol. The zero-order valence-electron chi connectivity index (χ0n) is 13.4. The Bertz CT molecular complexity index is 701. The van der Waals surface area contributed by atoms with Crippen molar-refractivity contribution in [2.45, 2.75) is 24.5 Å². The molecular formula is C18H23ClN2O3. The fourth-order valence-corrected chi connectivity index (χ4v) is 2.86. The zero-order valence-corrected chi connectivity index (χ0v) is 14.2. The fourth-order valence-electron chi connectivity index (χ4n) is 2.86. The second kappa shape index (κ2) is 7.94. The predicted octanol–water partition coefficient (Wildman–Crippen LogP) is 1.92. The lowest BCUT2D eigenvalue weighted by Gasteiger charge is -2.32. The summed E-state index contributed by atoms with van der Waals surface area (Å²) in [7, 11) is 0. The highest BCUT2D eigenvalue weighted by atomic mass is 35.5. The molecule has 4 N–H and O–H groups in total. The van der Waals surface area contributed by atoms with Gasteiger partial charge in [-0.1, -0.05) is 36.4 Å². The van der Waals surface area contributed by atoms with Crippen LogP contribution in [0.5, 0.6) is 0 Å². The standard InChI is InChI=1S/C18H22N2O3.ClH/c19-18(7-9-23-10-8-18)17(22)20-12-16(21)15-6-5-13-3-1-2-4-14(13)11-15;/h1-6,11,16,21H,7-10,12,19H2,(H,20,22);1H. The SMILES string of the molecule is Cl.NC1(C(=O)NCC(O)c2ccc3ccccc3c2)CCOCC1. The number of hydrogen-bond donors (Lipinski definition) is 3. The maximum absolute atomic E-state index is 12.3. The van der Waals surface area contributed by atoms with E-state index in [2.05, 4.69) is 5.32 Å². The Hall–Kier alpha value is -1.66. The third-order valence-corrected chi connectivity index (χ3v) is 4.45. The van der Waals surface area contributed by atoms with Crippen LogP contribution in [0.1, 0.15) is 24.5 Å². The summed E-state index contributed by atoms with van der Waals surface area (Å²) in [5.74, 6) is -0.222. The van der Waals surface area contributed by atoms with Crippen LogP contribution in [0.3, 0.4) is 0 Å². The maximum atomic E-state index is 12.3. The lowest BCUT2D eigenvalue weighted by atomic mass is 9.90. The molecule has 1 atom stereocenters. The smallest absolute Gasteiger partial charge is 0.240 e. The molecule has 1 aliphatic rings. The van der Waals surface area contributed by atoms with Gasteiger partial charge >= 0.3 is 0 Å². The average Bonchev–Trinajstić information content (AvgIpc) is 2.59. The predicted molar refractivity (Wildman–Crippen MR) is 96.1 cm³/mol. The van der Waals surface area contributed by atoms with Gasteiger partial charge in [0, 0.05) is 19.8 Å². The molecule has 1 aliphatic heterocycles. The minimum atomic E-state index is -0.888. The minimum absolute atomic E-state index is 0. The molecule has 0 aromatic heterocycles. The van der Waals surface area contributed by atoms with Gasteiger partial charge in [0.2, 0.25) is 5.91 Å². The largest absolute Gasteiger partial charge is 0.387 e. The van der Waals surface area contributed by atoms with Gasteiger partial charge in [-0.3, -0.25) is 4.79 Å². The van der Waals surface area contributed by atoms with Crippen LogP contribution in [0, 0.1) is 0 Å². The number of halogens is 1. The molecule has 0 aliphatic carbocycles. The Morgan fingerprint density at radius 3 is 2.58 bits per heavy atom. The van der Waals surface area contributed by atoms with Gasteiger partial charge in [0.25, 0.3) is 0 Å². The van der Waals surface area contributed by atoms with Gasteiger partial charge in [-0.15, -0.1) is 12.4 Å². The maximum Gasteiger partial charge on any atom is 0.240 e. The number of nitrogens with one attached hydrogen (secondary N) is 1. The first-order valence-corrected chi connectivity index (χ1v) is 7.90. The van der Waals surface area contributed by atoms with Crippen LogP contribution in [0.2, 0.25) is 0 Å². The van der Waals surface area contributed by atoms with Crippen LogP contribution in [-0.2, 0) is 9.53 Å². The van der Waals surface area contributed by atoms with Crippen molar-refractivity contribution in [3.63, 3.8) is 0 Å². The van der Waals surface area contributed by atoms with Gasteiger partial charge in [-0.25, -0.2) is 0 Å². The quantitative estimate of drug-likeness (QED) is 0.786. The Kier molecular flexibility index (Phi) is 6.18. The van der Waals surface area contributed by atoms with E-state index in [1.807, 2.05) is 42.5 Å². The van der Waals surface area contributed by atoms with Gasteiger partial charge in [-0.05, 0) is 35.2 Å². The molecule has 1 unspecified atom stereocenters. The normalized spacial score (nSPS) is 17.8. The molecule has 1 saturated heterocycles. The van der Waals surface area contributed by atoms with Crippen LogP contribution < -0.4 is 11.1 Å². The van der Waals surface area contributed by atoms with E-state index in [0.29, 0.717) is 26.1 Å². The lowest BCUT2D eigenvalue weighted by molar-refractivity contribution is -0.130. The first-order chi connectivity index (χ1) is 11.1. The minimum Gasteiger partial charge on any atom is -0.387 e. The number of nitrogens with two attached hydrogens (primary N) is 1. The summed E-state index contributed by atoms with van der Waals surface area (Å²) in [4.78, 5) is 12.3. The molecule has 0 saturated carbocycles. The molecule has 2 aromatic rings. The van der Waals surface area contributed by atoms with Crippen molar-refractivity contribution in [3.8, 4) is 0 Å². The second-order valence-corrected chi connectivity index (χ2v) is 6.10. The zero-order chi connectivity index (χ0) is 16.3. The van der Waals surface area contributed by atoms with E-state index < -0.39 is 11.6 Å². The topological polar surface area (TPSA) is 84.6 Å². The van der Waals surface area contributed by atoms with E-state index in [-0.39, 0.29) is 24.9 Å². The summed E-state index contributed by atoms with van der Waals surface area (Å²) < 4.78 is 5.24. The molecule has 3 rings (SSSR count). The first-order valence-electron chi connectivity index (χ1n) is 7.90. The molecule has 6 heteroatoms. The van der Waals surface area contributed by atoms with Crippen LogP contribution in [0.15, 0.2) is 42.5 Å². The number of aliphatic hydroxyl groups excluding tert-OH is 1. The number of ether oxygens (including phenoxy) is 1. The number of benzene rings is 2. The van der Waals surface area contributed by atoms with Gasteiger partial charge in [-0.2, -0.15) is 0 Å². The van der Waals surface area contributed by atoms with E-state index >= 15 is 0 Å². The van der Waals surface area contributed by atoms with E-state index in [4.69, 9.17) is 10.5 Å². The van der Waals surface area contributed by atoms with Crippen molar-refractivity contribution >= 4 is 29.1 Å². The van der Waals surface area contributed by atoms with Crippen molar-refractivity contribution in [2.75, 3.05) is 19.8 Å². The van der Waals surface area contributed by atoms with Crippen molar-refractivity contribution < 1.29 is 14.6 Å². The highest BCUT2D eigenvalue weighted by Gasteiger charge is 2.35. The fraction of sp³-hybridized carbons (Fsp3) is 0.389. The van der Waals surface area contributed by atoms with Crippen LogP contribution >= 0.6 is 12.4 Å². The van der Waals surface area contributed by atoms with Crippen molar-refractivity contribution in [1.29, 1.82) is 0 Å². The molecule has 1 amide bonds. The molecule has 5 nitrogen and oxygen atoms in total. The molecule has 0 radical (unpaired) electrons. The second-order valence-electron chi connectivity index (χ2n) is 6.10. The Morgan fingerprint density at radius 2 is 1.88 bits per heavy atom. The third kappa shape index (κ3) is 4.05. The van der Waals surface area contributed by atoms with Gasteiger partial charge in [0.15, 0.2) is 0 Å². The van der Waals surface area contributed by atoms with E-state index in [9.17, 15) is 9.90 Å². The van der Waals surface area contributed by atoms with Crippen molar-refractivity contribution in [2.24, 2.45) is 5.73 Å². The van der Waals surface area contributed by atoms with Gasteiger partial charge in [0.05, 0.1) is 11.6 Å². The summed E-state index contributed by atoms with van der Waals surface area (Å²) in [5, 5.41) is 15.3. The number of fused-ring (bicyclic) bond motifs is 1. The first kappa shape index (κ1) is 18.7. The molecule has 0 bridgehead atoms. The molecule has 24 heavy (non-hydrogen) atoms. The lowest BCUT2D eigenvalue weighted by Crippen LogP contribution is -2.57. The van der Waals surface area contributed by atoms with Crippen LogP contribution in [-0.4, -0.2) is 36.3 Å². The molecule has 1 fully saturated rings. The number of amides is 1. The Morgan fingerprint density at radius 1 is 1.21 bits per heavy atom. The Labute approximate surface area is 147 Å². The Balaban J connectivity index is 0.00000208. The summed E-state index contributed by atoms with van der Waals surface area (Å²) >= 11 is 0. The van der Waals surface area contributed by atoms with Crippen LogP contribution in [0.25, 0.3) is 10.8 Å². The van der Waals surface area contributed by atoms with E-state index in [0.717, 1.165) is 16.3 Å². The van der Waals surface area contributed by atoms with E-state index in [1.54, 1.807) is 0 Å². The number of carbonyl (C=O) groups excluding carboxylic acids is 1. The number of hydrogen-bond acceptors (Lipinski definition) is 4. The highest BCUT2D eigenvalue weighted by Crippen LogP contribution is 2.21. The number of rotatable bonds is 4. The summed E-state index contributed by atoms with van der Waals surface area (Å²) in [6.45, 7) is 1.14. The number of aliphatic hydroxyl groups is 1. The highest BCUT2D eigenvalue weighted by molar-refractivity contribution is 5.86. The van der Waals surface area contributed by atoms with E-state index in [1.165, 1.54) is 0 Å². The van der Waals surface area contributed by atoms with Crippen LogP contribution in [0.4, 0.5) is 0 Å². The molecule has 2 aromatic carbocycles.